The molecule has 0 radical (unpaired) electrons. The van der Waals surface area contributed by atoms with Gasteiger partial charge in [-0.2, -0.15) is 0 Å². The molecule has 27 heavy (non-hydrogen) atoms. The zero-order valence-corrected chi connectivity index (χ0v) is 18.5. The van der Waals surface area contributed by atoms with Crippen LogP contribution in [0.3, 0.4) is 0 Å². The Hall–Kier alpha value is -1.42. The van der Waals surface area contributed by atoms with E-state index in [1.807, 2.05) is 24.4 Å². The topological polar surface area (TPSA) is 95.6 Å². The predicted octanol–water partition coefficient (Wildman–Crippen LogP) is 1.38. The van der Waals surface area contributed by atoms with E-state index in [0.717, 1.165) is 76.5 Å². The summed E-state index contributed by atoms with van der Waals surface area (Å²) in [4.78, 5) is 22.2. The fourth-order valence-electron chi connectivity index (χ4n) is 3.18. The number of pyridine rings is 1. The molecule has 152 valence electrons. The molecule has 2 heterocycles. The monoisotopic (exact) mass is 488 g/mol. The van der Waals surface area contributed by atoms with Crippen molar-refractivity contribution in [3.05, 3.63) is 30.1 Å². The van der Waals surface area contributed by atoms with Crippen LogP contribution in [0.2, 0.25) is 0 Å². The van der Waals surface area contributed by atoms with Crippen LogP contribution in [-0.4, -0.2) is 61.5 Å². The van der Waals surface area contributed by atoms with Crippen molar-refractivity contribution in [2.24, 2.45) is 16.6 Å². The van der Waals surface area contributed by atoms with Gasteiger partial charge >= 0.3 is 0 Å². The number of hydrogen-bond donors (Lipinski definition) is 3. The second-order valence-corrected chi connectivity index (χ2v) is 6.72. The van der Waals surface area contributed by atoms with Gasteiger partial charge in [0.15, 0.2) is 5.96 Å². The summed E-state index contributed by atoms with van der Waals surface area (Å²) in [5.41, 5.74) is 6.45. The van der Waals surface area contributed by atoms with E-state index in [0.29, 0.717) is 0 Å². The van der Waals surface area contributed by atoms with Crippen molar-refractivity contribution in [3.63, 3.8) is 0 Å². The maximum atomic E-state index is 11.2. The quantitative estimate of drug-likeness (QED) is 0.211. The number of likely N-dealkylation sites (tertiary alicyclic amines) is 1. The lowest BCUT2D eigenvalue weighted by atomic mass is 9.96. The average molecular weight is 488 g/mol. The number of carbonyl (C=O) groups excluding carboxylic acids is 1. The molecule has 0 atom stereocenters. The lowest BCUT2D eigenvalue weighted by Crippen LogP contribution is -2.40. The molecular formula is C19H33IN6O. The molecule has 1 aliphatic heterocycles. The molecule has 2 rings (SSSR count). The van der Waals surface area contributed by atoms with Crippen LogP contribution in [0.5, 0.6) is 0 Å². The number of primary amides is 1. The van der Waals surface area contributed by atoms with Crippen LogP contribution in [0.1, 0.15) is 31.4 Å². The van der Waals surface area contributed by atoms with Crippen molar-refractivity contribution >= 4 is 35.8 Å². The smallest absolute Gasteiger partial charge is 0.220 e. The number of carbonyl (C=O) groups is 1. The van der Waals surface area contributed by atoms with E-state index < -0.39 is 0 Å². The third-order valence-electron chi connectivity index (χ3n) is 4.81. The normalized spacial score (nSPS) is 15.8. The third-order valence-corrected chi connectivity index (χ3v) is 4.81. The van der Waals surface area contributed by atoms with Gasteiger partial charge in [0, 0.05) is 44.4 Å². The van der Waals surface area contributed by atoms with Crippen LogP contribution >= 0.6 is 24.0 Å². The summed E-state index contributed by atoms with van der Waals surface area (Å²) >= 11 is 0. The third kappa shape index (κ3) is 9.37. The standard InChI is InChI=1S/C19H32N6O.HI/c1-21-19(24-12-7-17-6-2-3-10-22-17)23-11-4-5-13-25-14-8-16(9-15-25)18(20)26;/h2-3,6,10,16H,4-5,7-9,11-15H2,1H3,(H2,20,26)(H2,21,23,24);1H. The van der Waals surface area contributed by atoms with Crippen molar-refractivity contribution in [1.29, 1.82) is 0 Å². The van der Waals surface area contributed by atoms with E-state index in [1.54, 1.807) is 7.05 Å². The van der Waals surface area contributed by atoms with E-state index in [9.17, 15) is 4.79 Å². The fourth-order valence-corrected chi connectivity index (χ4v) is 3.18. The molecule has 0 aliphatic carbocycles. The molecule has 0 bridgehead atoms. The lowest BCUT2D eigenvalue weighted by molar-refractivity contribution is -0.123. The molecule has 0 aromatic carbocycles. The highest BCUT2D eigenvalue weighted by Crippen LogP contribution is 2.16. The van der Waals surface area contributed by atoms with Gasteiger partial charge in [-0.3, -0.25) is 14.8 Å². The zero-order chi connectivity index (χ0) is 18.6. The fraction of sp³-hybridized carbons (Fsp3) is 0.632. The number of halogens is 1. The molecule has 1 aliphatic rings. The average Bonchev–Trinajstić information content (AvgIpc) is 2.67. The summed E-state index contributed by atoms with van der Waals surface area (Å²) in [6.45, 7) is 4.76. The van der Waals surface area contributed by atoms with E-state index in [1.165, 1.54) is 0 Å². The number of aromatic nitrogens is 1. The van der Waals surface area contributed by atoms with E-state index >= 15 is 0 Å². The van der Waals surface area contributed by atoms with Gasteiger partial charge in [-0.25, -0.2) is 0 Å². The number of nitrogens with two attached hydrogens (primary N) is 1. The Labute approximate surface area is 179 Å². The molecule has 4 N–H and O–H groups in total. The Morgan fingerprint density at radius 3 is 2.63 bits per heavy atom. The van der Waals surface area contributed by atoms with Gasteiger partial charge in [0.2, 0.25) is 5.91 Å². The molecule has 1 saturated heterocycles. The molecule has 8 heteroatoms. The van der Waals surface area contributed by atoms with Crippen LogP contribution < -0.4 is 16.4 Å². The molecular weight excluding hydrogens is 455 g/mol. The highest BCUT2D eigenvalue weighted by molar-refractivity contribution is 14.0. The minimum Gasteiger partial charge on any atom is -0.369 e. The second-order valence-electron chi connectivity index (χ2n) is 6.72. The highest BCUT2D eigenvalue weighted by Gasteiger charge is 2.22. The maximum Gasteiger partial charge on any atom is 0.220 e. The number of piperidine rings is 1. The van der Waals surface area contributed by atoms with Crippen molar-refractivity contribution in [2.45, 2.75) is 32.1 Å². The number of amides is 1. The summed E-state index contributed by atoms with van der Waals surface area (Å²) < 4.78 is 0. The number of guanidine groups is 1. The van der Waals surface area contributed by atoms with Crippen LogP contribution in [0, 0.1) is 5.92 Å². The number of nitrogens with zero attached hydrogens (tertiary/aromatic N) is 3. The first-order valence-corrected chi connectivity index (χ1v) is 9.55. The summed E-state index contributed by atoms with van der Waals surface area (Å²) in [7, 11) is 1.79. The van der Waals surface area contributed by atoms with Gasteiger partial charge in [0.25, 0.3) is 0 Å². The largest absolute Gasteiger partial charge is 0.369 e. The number of aliphatic imine (C=N–C) groups is 1. The van der Waals surface area contributed by atoms with E-state index in [2.05, 4.69) is 25.5 Å². The summed E-state index contributed by atoms with van der Waals surface area (Å²) in [5.74, 6) is 0.771. The zero-order valence-electron chi connectivity index (χ0n) is 16.2. The van der Waals surface area contributed by atoms with Crippen LogP contribution in [-0.2, 0) is 11.2 Å². The Balaban J connectivity index is 0.00000364. The molecule has 0 spiro atoms. The SMILES string of the molecule is CN=C(NCCCCN1CCC(C(N)=O)CC1)NCCc1ccccn1.I. The highest BCUT2D eigenvalue weighted by atomic mass is 127. The van der Waals surface area contributed by atoms with Gasteiger partial charge in [-0.05, 0) is 57.5 Å². The van der Waals surface area contributed by atoms with Crippen LogP contribution in [0.25, 0.3) is 0 Å². The molecule has 1 aromatic heterocycles. The molecule has 1 amide bonds. The summed E-state index contributed by atoms with van der Waals surface area (Å²) in [6.07, 6.45) is 6.73. The second kappa shape index (κ2) is 13.7. The van der Waals surface area contributed by atoms with Crippen molar-refractivity contribution in [3.8, 4) is 0 Å². The van der Waals surface area contributed by atoms with Crippen molar-refractivity contribution in [1.82, 2.24) is 20.5 Å². The number of rotatable bonds is 9. The Morgan fingerprint density at radius 1 is 1.26 bits per heavy atom. The van der Waals surface area contributed by atoms with Crippen LogP contribution in [0.15, 0.2) is 29.4 Å². The molecule has 1 fully saturated rings. The minimum atomic E-state index is -0.143. The summed E-state index contributed by atoms with van der Waals surface area (Å²) in [6, 6.07) is 5.97. The van der Waals surface area contributed by atoms with Gasteiger partial charge in [-0.1, -0.05) is 6.07 Å². The number of hydrogen-bond acceptors (Lipinski definition) is 4. The first-order chi connectivity index (χ1) is 12.7. The van der Waals surface area contributed by atoms with Crippen molar-refractivity contribution < 1.29 is 4.79 Å². The summed E-state index contributed by atoms with van der Waals surface area (Å²) in [5, 5.41) is 6.67. The number of unbranched alkanes of at least 4 members (excludes halogenated alkanes) is 1. The van der Waals surface area contributed by atoms with Crippen LogP contribution in [0.4, 0.5) is 0 Å². The Bertz CT molecular complexity index is 561. The first kappa shape index (κ1) is 23.6. The van der Waals surface area contributed by atoms with Crippen molar-refractivity contribution in [2.75, 3.05) is 39.8 Å². The number of nitrogens with one attached hydrogen (secondary N) is 2. The lowest BCUT2D eigenvalue weighted by Gasteiger charge is -2.30. The molecule has 0 unspecified atom stereocenters. The van der Waals surface area contributed by atoms with Gasteiger partial charge < -0.3 is 21.3 Å². The molecule has 7 nitrogen and oxygen atoms in total. The molecule has 0 saturated carbocycles. The van der Waals surface area contributed by atoms with E-state index in [-0.39, 0.29) is 35.8 Å². The van der Waals surface area contributed by atoms with Gasteiger partial charge in [-0.15, -0.1) is 24.0 Å². The Morgan fingerprint density at radius 2 is 2.00 bits per heavy atom. The van der Waals surface area contributed by atoms with Gasteiger partial charge in [0.1, 0.15) is 0 Å². The van der Waals surface area contributed by atoms with Gasteiger partial charge in [0.05, 0.1) is 0 Å². The Kier molecular flexibility index (Phi) is 12.0. The first-order valence-electron chi connectivity index (χ1n) is 9.55. The maximum absolute atomic E-state index is 11.2. The predicted molar refractivity (Wildman–Crippen MR) is 120 cm³/mol. The minimum absolute atomic E-state index is 0. The van der Waals surface area contributed by atoms with E-state index in [4.69, 9.17) is 5.73 Å². The molecule has 1 aromatic rings.